The average molecular weight is 264 g/mol. The van der Waals surface area contributed by atoms with Crippen molar-refractivity contribution in [1.29, 1.82) is 0 Å². The van der Waals surface area contributed by atoms with E-state index >= 15 is 0 Å². The van der Waals surface area contributed by atoms with Gasteiger partial charge in [0.25, 0.3) is 0 Å². The number of benzene rings is 1. The lowest BCUT2D eigenvalue weighted by molar-refractivity contribution is 0.234. The predicted molar refractivity (Wildman–Crippen MR) is 76.6 cm³/mol. The van der Waals surface area contributed by atoms with Gasteiger partial charge in [-0.1, -0.05) is 6.07 Å². The van der Waals surface area contributed by atoms with Gasteiger partial charge >= 0.3 is 0 Å². The lowest BCUT2D eigenvalue weighted by Gasteiger charge is -2.27. The zero-order valence-electron chi connectivity index (χ0n) is 11.9. The van der Waals surface area contributed by atoms with Crippen molar-refractivity contribution >= 4 is 0 Å². The third kappa shape index (κ3) is 4.11. The second-order valence-electron chi connectivity index (χ2n) is 5.40. The van der Waals surface area contributed by atoms with Gasteiger partial charge in [-0.15, -0.1) is 0 Å². The Morgan fingerprint density at radius 2 is 2.11 bits per heavy atom. The highest BCUT2D eigenvalue weighted by Gasteiger charge is 2.15. The second kappa shape index (κ2) is 6.78. The summed E-state index contributed by atoms with van der Waals surface area (Å²) in [6, 6.07) is 5.57. The first kappa shape index (κ1) is 14.2. The smallest absolute Gasteiger partial charge is 0.160 e. The molecule has 0 atom stereocenters. The molecule has 4 heteroatoms. The summed E-state index contributed by atoms with van der Waals surface area (Å²) in [5.74, 6) is 1.55. The van der Waals surface area contributed by atoms with Crippen LogP contribution >= 0.6 is 0 Å². The maximum Gasteiger partial charge on any atom is 0.160 e. The molecular weight excluding hydrogens is 240 g/mol. The van der Waals surface area contributed by atoms with Gasteiger partial charge in [0.05, 0.1) is 7.11 Å². The minimum absolute atomic E-state index is 0.201. The van der Waals surface area contributed by atoms with Crippen LogP contribution in [0.1, 0.15) is 18.4 Å². The van der Waals surface area contributed by atoms with Crippen LogP contribution in [0.5, 0.6) is 11.5 Å². The van der Waals surface area contributed by atoms with Crippen LogP contribution in [0.2, 0.25) is 0 Å². The van der Waals surface area contributed by atoms with Crippen LogP contribution in [0.4, 0.5) is 0 Å². The van der Waals surface area contributed by atoms with Crippen molar-refractivity contribution in [3.63, 3.8) is 0 Å². The van der Waals surface area contributed by atoms with Crippen molar-refractivity contribution in [2.75, 3.05) is 33.8 Å². The number of hydrogen-bond donors (Lipinski definition) is 2. The maximum atomic E-state index is 9.58. The molecule has 0 bridgehead atoms. The van der Waals surface area contributed by atoms with Crippen LogP contribution in [0.3, 0.4) is 0 Å². The first-order chi connectivity index (χ1) is 9.19. The van der Waals surface area contributed by atoms with Crippen molar-refractivity contribution in [2.24, 2.45) is 5.92 Å². The van der Waals surface area contributed by atoms with Crippen LogP contribution in [0.25, 0.3) is 0 Å². The first-order valence-electron chi connectivity index (χ1n) is 6.94. The second-order valence-corrected chi connectivity index (χ2v) is 5.40. The summed E-state index contributed by atoms with van der Waals surface area (Å²) in [4.78, 5) is 2.35. The van der Waals surface area contributed by atoms with Crippen LogP contribution in [-0.4, -0.2) is 43.8 Å². The molecule has 1 aromatic rings. The van der Waals surface area contributed by atoms with Crippen LogP contribution in [0.15, 0.2) is 18.2 Å². The van der Waals surface area contributed by atoms with Crippen LogP contribution in [-0.2, 0) is 6.54 Å². The van der Waals surface area contributed by atoms with Crippen molar-refractivity contribution in [3.05, 3.63) is 23.8 Å². The molecule has 1 aliphatic heterocycles. The summed E-state index contributed by atoms with van der Waals surface area (Å²) in [7, 11) is 3.74. The van der Waals surface area contributed by atoms with Gasteiger partial charge in [0.15, 0.2) is 11.5 Å². The number of phenolic OH excluding ortho intramolecular Hbond substituents is 1. The van der Waals surface area contributed by atoms with E-state index in [0.717, 1.165) is 32.1 Å². The van der Waals surface area contributed by atoms with E-state index in [1.165, 1.54) is 18.4 Å². The summed E-state index contributed by atoms with van der Waals surface area (Å²) < 4.78 is 5.14. The standard InChI is InChI=1S/C15H24N2O2/c1-17(10-12-5-7-16-8-6-12)11-13-3-4-14(18)15(9-13)19-2/h3-4,9,12,16,18H,5-8,10-11H2,1-2H3. The van der Waals surface area contributed by atoms with Crippen LogP contribution < -0.4 is 10.1 Å². The van der Waals surface area contributed by atoms with Gasteiger partial charge in [-0.3, -0.25) is 0 Å². The van der Waals surface area contributed by atoms with Gasteiger partial charge in [-0.25, -0.2) is 0 Å². The van der Waals surface area contributed by atoms with E-state index in [1.807, 2.05) is 12.1 Å². The highest BCUT2D eigenvalue weighted by Crippen LogP contribution is 2.26. The predicted octanol–water partition coefficient (Wildman–Crippen LogP) is 1.83. The molecule has 1 aliphatic rings. The Labute approximate surface area is 115 Å². The molecule has 106 valence electrons. The van der Waals surface area contributed by atoms with Crippen LogP contribution in [0, 0.1) is 5.92 Å². The van der Waals surface area contributed by atoms with Gasteiger partial charge in [0.2, 0.25) is 0 Å². The number of aromatic hydroxyl groups is 1. The lowest BCUT2D eigenvalue weighted by atomic mass is 9.97. The zero-order valence-corrected chi connectivity index (χ0v) is 11.9. The number of hydrogen-bond acceptors (Lipinski definition) is 4. The summed E-state index contributed by atoms with van der Waals surface area (Å²) in [6.45, 7) is 4.31. The van der Waals surface area contributed by atoms with E-state index in [-0.39, 0.29) is 5.75 Å². The molecule has 0 saturated carbocycles. The Kier molecular flexibility index (Phi) is 5.05. The molecule has 1 saturated heterocycles. The van der Waals surface area contributed by atoms with Gasteiger partial charge < -0.3 is 20.1 Å². The van der Waals surface area contributed by atoms with E-state index < -0.39 is 0 Å². The van der Waals surface area contributed by atoms with E-state index in [9.17, 15) is 5.11 Å². The molecule has 0 aliphatic carbocycles. The molecule has 0 radical (unpaired) electrons. The Morgan fingerprint density at radius 1 is 1.37 bits per heavy atom. The maximum absolute atomic E-state index is 9.58. The molecule has 1 fully saturated rings. The SMILES string of the molecule is COc1cc(CN(C)CC2CCNCC2)ccc1O. The largest absolute Gasteiger partial charge is 0.504 e. The van der Waals surface area contributed by atoms with Crippen molar-refractivity contribution in [3.8, 4) is 11.5 Å². The first-order valence-corrected chi connectivity index (χ1v) is 6.94. The molecule has 0 aromatic heterocycles. The summed E-state index contributed by atoms with van der Waals surface area (Å²) in [6.07, 6.45) is 2.53. The topological polar surface area (TPSA) is 44.7 Å². The number of ether oxygens (including phenoxy) is 1. The van der Waals surface area contributed by atoms with E-state index in [4.69, 9.17) is 4.74 Å². The fraction of sp³-hybridized carbons (Fsp3) is 0.600. The molecule has 2 rings (SSSR count). The van der Waals surface area contributed by atoms with Crippen molar-refractivity contribution in [1.82, 2.24) is 10.2 Å². The van der Waals surface area contributed by atoms with Crippen molar-refractivity contribution in [2.45, 2.75) is 19.4 Å². The monoisotopic (exact) mass is 264 g/mol. The molecule has 1 aromatic carbocycles. The summed E-state index contributed by atoms with van der Waals surface area (Å²) in [5.41, 5.74) is 1.17. The number of methoxy groups -OCH3 is 1. The number of nitrogens with one attached hydrogen (secondary N) is 1. The molecule has 2 N–H and O–H groups in total. The fourth-order valence-electron chi connectivity index (χ4n) is 2.70. The Hall–Kier alpha value is -1.26. The normalized spacial score (nSPS) is 16.8. The third-order valence-electron chi connectivity index (χ3n) is 3.73. The van der Waals surface area contributed by atoms with Gasteiger partial charge in [0, 0.05) is 13.1 Å². The number of nitrogens with zero attached hydrogens (tertiary/aromatic N) is 1. The molecule has 0 unspecified atom stereocenters. The molecule has 0 amide bonds. The van der Waals surface area contributed by atoms with E-state index in [0.29, 0.717) is 5.75 Å². The number of phenols is 1. The molecule has 4 nitrogen and oxygen atoms in total. The molecule has 0 spiro atoms. The number of piperidine rings is 1. The minimum atomic E-state index is 0.201. The van der Waals surface area contributed by atoms with Crippen molar-refractivity contribution < 1.29 is 9.84 Å². The van der Waals surface area contributed by atoms with Gasteiger partial charge in [-0.05, 0) is 56.6 Å². The zero-order chi connectivity index (χ0) is 13.7. The summed E-state index contributed by atoms with van der Waals surface area (Å²) in [5, 5.41) is 13.0. The molecule has 19 heavy (non-hydrogen) atoms. The Bertz CT molecular complexity index is 403. The lowest BCUT2D eigenvalue weighted by Crippen LogP contribution is -2.34. The van der Waals surface area contributed by atoms with Gasteiger partial charge in [-0.2, -0.15) is 0 Å². The highest BCUT2D eigenvalue weighted by molar-refractivity contribution is 5.41. The molecule has 1 heterocycles. The quantitative estimate of drug-likeness (QED) is 0.851. The fourth-order valence-corrected chi connectivity index (χ4v) is 2.70. The summed E-state index contributed by atoms with van der Waals surface area (Å²) >= 11 is 0. The average Bonchev–Trinajstić information content (AvgIpc) is 2.42. The number of rotatable bonds is 5. The third-order valence-corrected chi connectivity index (χ3v) is 3.73. The van der Waals surface area contributed by atoms with E-state index in [2.05, 4.69) is 17.3 Å². The van der Waals surface area contributed by atoms with Gasteiger partial charge in [0.1, 0.15) is 0 Å². The highest BCUT2D eigenvalue weighted by atomic mass is 16.5. The van der Waals surface area contributed by atoms with E-state index in [1.54, 1.807) is 13.2 Å². The minimum Gasteiger partial charge on any atom is -0.504 e. The molecular formula is C15H24N2O2. The Morgan fingerprint density at radius 3 is 2.79 bits per heavy atom. The Balaban J connectivity index is 1.88.